The van der Waals surface area contributed by atoms with Crippen molar-refractivity contribution < 1.29 is 4.79 Å². The van der Waals surface area contributed by atoms with Crippen LogP contribution >= 0.6 is 15.9 Å². The molecule has 1 aliphatic rings. The highest BCUT2D eigenvalue weighted by molar-refractivity contribution is 9.10. The van der Waals surface area contributed by atoms with E-state index in [0.29, 0.717) is 0 Å². The van der Waals surface area contributed by atoms with E-state index in [1.807, 2.05) is 31.3 Å². The molecule has 0 bridgehead atoms. The van der Waals surface area contributed by atoms with Gasteiger partial charge in [0.25, 0.3) is 0 Å². The van der Waals surface area contributed by atoms with Gasteiger partial charge in [-0.1, -0.05) is 34.1 Å². The lowest BCUT2D eigenvalue weighted by atomic mass is 10.0. The Kier molecular flexibility index (Phi) is 3.74. The lowest BCUT2D eigenvalue weighted by molar-refractivity contribution is 0.0818. The molecular weight excluding hydrogens is 268 g/mol. The van der Waals surface area contributed by atoms with Crippen molar-refractivity contribution in [2.75, 3.05) is 26.7 Å². The fraction of sp³-hybridized carbons (Fsp3) is 0.417. The summed E-state index contributed by atoms with van der Waals surface area (Å²) in [6, 6.07) is 7.54. The number of piperazine rings is 1. The fourth-order valence-corrected chi connectivity index (χ4v) is 2.42. The van der Waals surface area contributed by atoms with E-state index in [9.17, 15) is 4.79 Å². The Morgan fingerprint density at radius 2 is 2.25 bits per heavy atom. The van der Waals surface area contributed by atoms with Crippen molar-refractivity contribution in [2.24, 2.45) is 0 Å². The Balaban J connectivity index is 2.21. The van der Waals surface area contributed by atoms with Gasteiger partial charge in [-0.25, -0.2) is 0 Å². The Morgan fingerprint density at radius 3 is 2.94 bits per heavy atom. The van der Waals surface area contributed by atoms with Gasteiger partial charge >= 0.3 is 0 Å². The largest absolute Gasteiger partial charge is 0.313 e. The summed E-state index contributed by atoms with van der Waals surface area (Å²) >= 11 is 3.42. The van der Waals surface area contributed by atoms with Crippen molar-refractivity contribution in [1.29, 1.82) is 0 Å². The quantitative estimate of drug-likeness (QED) is 0.836. The third kappa shape index (κ3) is 2.34. The van der Waals surface area contributed by atoms with Crippen molar-refractivity contribution in [1.82, 2.24) is 10.2 Å². The van der Waals surface area contributed by atoms with Crippen LogP contribution in [0.3, 0.4) is 0 Å². The van der Waals surface area contributed by atoms with E-state index >= 15 is 0 Å². The standard InChI is InChI=1S/C12H15BrN2O/c1-15-7-6-14-8-11(15)12(16)9-4-2-3-5-10(9)13/h2-5,11,14H,6-8H2,1H3. The van der Waals surface area contributed by atoms with Crippen molar-refractivity contribution >= 4 is 21.7 Å². The first-order chi connectivity index (χ1) is 7.70. The molecule has 86 valence electrons. The molecule has 0 saturated carbocycles. The van der Waals surface area contributed by atoms with E-state index in [-0.39, 0.29) is 11.8 Å². The van der Waals surface area contributed by atoms with Gasteiger partial charge in [-0.2, -0.15) is 0 Å². The summed E-state index contributed by atoms with van der Waals surface area (Å²) in [5.41, 5.74) is 0.767. The molecule has 1 atom stereocenters. The van der Waals surface area contributed by atoms with E-state index in [0.717, 1.165) is 29.7 Å². The number of Topliss-reactive ketones (excluding diaryl/α,β-unsaturated/α-hetero) is 1. The highest BCUT2D eigenvalue weighted by Gasteiger charge is 2.27. The predicted molar refractivity (Wildman–Crippen MR) is 67.8 cm³/mol. The Morgan fingerprint density at radius 1 is 1.50 bits per heavy atom. The van der Waals surface area contributed by atoms with Crippen LogP contribution in [0, 0.1) is 0 Å². The maximum absolute atomic E-state index is 12.3. The van der Waals surface area contributed by atoms with E-state index in [1.165, 1.54) is 0 Å². The van der Waals surface area contributed by atoms with Crippen LogP contribution in [0.5, 0.6) is 0 Å². The molecule has 1 unspecified atom stereocenters. The number of ketones is 1. The molecular formula is C12H15BrN2O. The summed E-state index contributed by atoms with van der Waals surface area (Å²) in [6.45, 7) is 2.60. The summed E-state index contributed by atoms with van der Waals surface area (Å²) in [5, 5.41) is 3.26. The first-order valence-electron chi connectivity index (χ1n) is 5.40. The average molecular weight is 283 g/mol. The molecule has 0 amide bonds. The summed E-state index contributed by atoms with van der Waals surface area (Å²) in [7, 11) is 2.00. The number of rotatable bonds is 2. The molecule has 4 heteroatoms. The fourth-order valence-electron chi connectivity index (χ4n) is 1.94. The Labute approximate surface area is 104 Å². The molecule has 0 radical (unpaired) electrons. The average Bonchev–Trinajstić information content (AvgIpc) is 2.29. The van der Waals surface area contributed by atoms with Gasteiger partial charge < -0.3 is 5.32 Å². The molecule has 1 N–H and O–H groups in total. The van der Waals surface area contributed by atoms with Crippen molar-refractivity contribution in [3.63, 3.8) is 0 Å². The van der Waals surface area contributed by atoms with Gasteiger partial charge in [0.15, 0.2) is 5.78 Å². The molecule has 1 saturated heterocycles. The molecule has 0 aromatic heterocycles. The van der Waals surface area contributed by atoms with E-state index in [1.54, 1.807) is 0 Å². The number of carbonyl (C=O) groups is 1. The molecule has 16 heavy (non-hydrogen) atoms. The first kappa shape index (κ1) is 11.8. The number of benzene rings is 1. The molecule has 0 spiro atoms. The molecule has 3 nitrogen and oxygen atoms in total. The topological polar surface area (TPSA) is 32.3 Å². The minimum Gasteiger partial charge on any atom is -0.313 e. The molecule has 1 aromatic rings. The maximum atomic E-state index is 12.3. The molecule has 0 aliphatic carbocycles. The second-order valence-electron chi connectivity index (χ2n) is 4.04. The van der Waals surface area contributed by atoms with Gasteiger partial charge in [0.05, 0.1) is 6.04 Å². The summed E-state index contributed by atoms with van der Waals surface area (Å²) in [4.78, 5) is 14.4. The number of nitrogens with zero attached hydrogens (tertiary/aromatic N) is 1. The smallest absolute Gasteiger partial charge is 0.182 e. The third-order valence-electron chi connectivity index (χ3n) is 2.95. The SMILES string of the molecule is CN1CCNCC1C(=O)c1ccccc1Br. The Bertz CT molecular complexity index is 394. The highest BCUT2D eigenvalue weighted by atomic mass is 79.9. The number of nitrogens with one attached hydrogen (secondary N) is 1. The zero-order chi connectivity index (χ0) is 11.5. The predicted octanol–water partition coefficient (Wildman–Crippen LogP) is 1.54. The minimum atomic E-state index is -0.0487. The minimum absolute atomic E-state index is 0.0487. The summed E-state index contributed by atoms with van der Waals surface area (Å²) in [6.07, 6.45) is 0. The molecule has 2 rings (SSSR count). The first-order valence-corrected chi connectivity index (χ1v) is 6.19. The lowest BCUT2D eigenvalue weighted by Crippen LogP contribution is -2.53. The number of carbonyl (C=O) groups excluding carboxylic acids is 1. The van der Waals surface area contributed by atoms with E-state index in [2.05, 4.69) is 26.1 Å². The van der Waals surface area contributed by atoms with Crippen LogP contribution in [0.15, 0.2) is 28.7 Å². The van der Waals surface area contributed by atoms with Crippen molar-refractivity contribution in [3.8, 4) is 0 Å². The number of halogens is 1. The summed E-state index contributed by atoms with van der Waals surface area (Å²) < 4.78 is 0.874. The highest BCUT2D eigenvalue weighted by Crippen LogP contribution is 2.19. The van der Waals surface area contributed by atoms with Gasteiger partial charge in [0.2, 0.25) is 0 Å². The Hall–Kier alpha value is -0.710. The number of hydrogen-bond acceptors (Lipinski definition) is 3. The van der Waals surface area contributed by atoms with E-state index in [4.69, 9.17) is 0 Å². The van der Waals surface area contributed by atoms with Crippen LogP contribution in [-0.4, -0.2) is 43.4 Å². The number of hydrogen-bond donors (Lipinski definition) is 1. The van der Waals surface area contributed by atoms with E-state index < -0.39 is 0 Å². The van der Waals surface area contributed by atoms with Crippen LogP contribution in [0.1, 0.15) is 10.4 Å². The van der Waals surface area contributed by atoms with Gasteiger partial charge in [0.1, 0.15) is 0 Å². The van der Waals surface area contributed by atoms with Crippen LogP contribution < -0.4 is 5.32 Å². The molecule has 1 fully saturated rings. The molecule has 1 aliphatic heterocycles. The summed E-state index contributed by atoms with van der Waals surface area (Å²) in [5.74, 6) is 0.183. The maximum Gasteiger partial charge on any atom is 0.182 e. The van der Waals surface area contributed by atoms with Crippen LogP contribution in [-0.2, 0) is 0 Å². The zero-order valence-electron chi connectivity index (χ0n) is 9.24. The second kappa shape index (κ2) is 5.08. The van der Waals surface area contributed by atoms with Gasteiger partial charge in [-0.3, -0.25) is 9.69 Å². The number of likely N-dealkylation sites (N-methyl/N-ethyl adjacent to an activating group) is 1. The normalized spacial score (nSPS) is 22.0. The van der Waals surface area contributed by atoms with Crippen LogP contribution in [0.25, 0.3) is 0 Å². The lowest BCUT2D eigenvalue weighted by Gasteiger charge is -2.32. The van der Waals surface area contributed by atoms with Crippen LogP contribution in [0.2, 0.25) is 0 Å². The monoisotopic (exact) mass is 282 g/mol. The zero-order valence-corrected chi connectivity index (χ0v) is 10.8. The van der Waals surface area contributed by atoms with Crippen LogP contribution in [0.4, 0.5) is 0 Å². The molecule has 1 heterocycles. The van der Waals surface area contributed by atoms with Gasteiger partial charge in [-0.15, -0.1) is 0 Å². The van der Waals surface area contributed by atoms with Gasteiger partial charge in [0, 0.05) is 29.7 Å². The van der Waals surface area contributed by atoms with Crippen molar-refractivity contribution in [3.05, 3.63) is 34.3 Å². The second-order valence-corrected chi connectivity index (χ2v) is 4.90. The third-order valence-corrected chi connectivity index (χ3v) is 3.64. The van der Waals surface area contributed by atoms with Crippen molar-refractivity contribution in [2.45, 2.75) is 6.04 Å². The van der Waals surface area contributed by atoms with Gasteiger partial charge in [-0.05, 0) is 13.1 Å². The molecule has 1 aromatic carbocycles.